The molecule has 1 amide bonds. The van der Waals surface area contributed by atoms with Gasteiger partial charge in [-0.15, -0.1) is 0 Å². The van der Waals surface area contributed by atoms with E-state index in [1.807, 2.05) is 0 Å². The van der Waals surface area contributed by atoms with E-state index in [0.29, 0.717) is 12.8 Å². The number of nitrogens with zero attached hydrogens (tertiary/aromatic N) is 2. The summed E-state index contributed by atoms with van der Waals surface area (Å²) in [5.41, 5.74) is -0.0644. The van der Waals surface area contributed by atoms with Crippen LogP contribution in [-0.2, 0) is 14.8 Å². The third kappa shape index (κ3) is 4.01. The summed E-state index contributed by atoms with van der Waals surface area (Å²) >= 11 is 0. The molecule has 0 aliphatic carbocycles. The number of hydrogen-bond donors (Lipinski definition) is 1. The summed E-state index contributed by atoms with van der Waals surface area (Å²) in [7, 11) is -2.14. The molecule has 0 radical (unpaired) electrons. The van der Waals surface area contributed by atoms with Crippen LogP contribution < -0.4 is 10.1 Å². The number of hydrogen-bond acceptors (Lipinski definition) is 6. The quantitative estimate of drug-likeness (QED) is 0.628. The zero-order valence-electron chi connectivity index (χ0n) is 13.4. The smallest absolute Gasteiger partial charge is 0.271 e. The highest BCUT2D eigenvalue weighted by molar-refractivity contribution is 7.88. The fourth-order valence-electron chi connectivity index (χ4n) is 2.69. The van der Waals surface area contributed by atoms with Gasteiger partial charge in [-0.25, -0.2) is 8.42 Å². The van der Waals surface area contributed by atoms with Gasteiger partial charge in [-0.2, -0.15) is 4.31 Å². The molecule has 1 N–H and O–H groups in total. The number of nitro groups is 1. The number of anilines is 1. The van der Waals surface area contributed by atoms with Crippen molar-refractivity contribution in [1.82, 2.24) is 4.31 Å². The highest BCUT2D eigenvalue weighted by Gasteiger charge is 2.34. The number of nitro benzene ring substituents is 1. The van der Waals surface area contributed by atoms with E-state index in [4.69, 9.17) is 4.74 Å². The SMILES string of the molecule is COc1ccc([N+](=O)[O-])cc1NC(=O)C1CCCCN1S(C)(=O)=O. The van der Waals surface area contributed by atoms with Gasteiger partial charge < -0.3 is 10.1 Å². The van der Waals surface area contributed by atoms with Gasteiger partial charge in [-0.3, -0.25) is 14.9 Å². The number of piperidine rings is 1. The summed E-state index contributed by atoms with van der Waals surface area (Å²) in [5, 5.41) is 13.4. The van der Waals surface area contributed by atoms with E-state index >= 15 is 0 Å². The second-order valence-electron chi connectivity index (χ2n) is 5.52. The summed E-state index contributed by atoms with van der Waals surface area (Å²) < 4.78 is 30.0. The number of nitrogens with one attached hydrogen (secondary N) is 1. The van der Waals surface area contributed by atoms with Gasteiger partial charge in [0.15, 0.2) is 0 Å². The molecule has 1 unspecified atom stereocenters. The number of sulfonamides is 1. The third-order valence-electron chi connectivity index (χ3n) is 3.83. The molecule has 1 aromatic carbocycles. The molecule has 24 heavy (non-hydrogen) atoms. The normalized spacial score (nSPS) is 18.8. The Morgan fingerprint density at radius 1 is 1.42 bits per heavy atom. The minimum atomic E-state index is -3.52. The fraction of sp³-hybridized carbons (Fsp3) is 0.500. The topological polar surface area (TPSA) is 119 Å². The molecule has 0 saturated carbocycles. The fourth-order valence-corrected chi connectivity index (χ4v) is 3.81. The number of amides is 1. The summed E-state index contributed by atoms with van der Waals surface area (Å²) in [4.78, 5) is 22.8. The largest absolute Gasteiger partial charge is 0.495 e. The maximum absolute atomic E-state index is 12.5. The Hall–Kier alpha value is -2.20. The molecule has 132 valence electrons. The van der Waals surface area contributed by atoms with Crippen molar-refractivity contribution in [2.75, 3.05) is 25.2 Å². The summed E-state index contributed by atoms with van der Waals surface area (Å²) in [6, 6.07) is 2.99. The van der Waals surface area contributed by atoms with Crippen LogP contribution in [0.2, 0.25) is 0 Å². The highest BCUT2D eigenvalue weighted by Crippen LogP contribution is 2.30. The van der Waals surface area contributed by atoms with Gasteiger partial charge in [0.25, 0.3) is 5.69 Å². The Kier molecular flexibility index (Phi) is 5.40. The third-order valence-corrected chi connectivity index (χ3v) is 5.12. The molecular weight excluding hydrogens is 338 g/mol. The highest BCUT2D eigenvalue weighted by atomic mass is 32.2. The lowest BCUT2D eigenvalue weighted by Crippen LogP contribution is -2.49. The lowest BCUT2D eigenvalue weighted by Gasteiger charge is -2.32. The molecule has 1 atom stereocenters. The Morgan fingerprint density at radius 3 is 2.71 bits per heavy atom. The van der Waals surface area contributed by atoms with Crippen LogP contribution in [-0.4, -0.2) is 49.5 Å². The molecule has 1 saturated heterocycles. The van der Waals surface area contributed by atoms with E-state index in [-0.39, 0.29) is 23.7 Å². The molecule has 1 aliphatic heterocycles. The number of ether oxygens (including phenoxy) is 1. The van der Waals surface area contributed by atoms with Crippen molar-refractivity contribution in [3.63, 3.8) is 0 Å². The van der Waals surface area contributed by atoms with E-state index in [9.17, 15) is 23.3 Å². The number of benzene rings is 1. The summed E-state index contributed by atoms with van der Waals surface area (Å²) in [6.45, 7) is 0.281. The van der Waals surface area contributed by atoms with E-state index in [1.165, 1.54) is 25.3 Å². The lowest BCUT2D eigenvalue weighted by molar-refractivity contribution is -0.384. The molecule has 2 rings (SSSR count). The maximum Gasteiger partial charge on any atom is 0.271 e. The molecule has 9 nitrogen and oxygen atoms in total. The summed E-state index contributed by atoms with van der Waals surface area (Å²) in [6.07, 6.45) is 2.88. The predicted molar refractivity (Wildman–Crippen MR) is 87.5 cm³/mol. The molecule has 1 aromatic rings. The van der Waals surface area contributed by atoms with Crippen molar-refractivity contribution in [2.45, 2.75) is 25.3 Å². The molecule has 10 heteroatoms. The predicted octanol–water partition coefficient (Wildman–Crippen LogP) is 1.36. The average molecular weight is 357 g/mol. The minimum Gasteiger partial charge on any atom is -0.495 e. The Balaban J connectivity index is 2.27. The minimum absolute atomic E-state index is 0.135. The van der Waals surface area contributed by atoms with Gasteiger partial charge in [0.1, 0.15) is 11.8 Å². The van der Waals surface area contributed by atoms with Crippen LogP contribution in [0.15, 0.2) is 18.2 Å². The number of non-ortho nitro benzene ring substituents is 1. The number of carbonyl (C=O) groups is 1. The van der Waals surface area contributed by atoms with Crippen LogP contribution in [0.5, 0.6) is 5.75 Å². The maximum atomic E-state index is 12.5. The van der Waals surface area contributed by atoms with E-state index in [1.54, 1.807) is 0 Å². The van der Waals surface area contributed by atoms with Crippen molar-refractivity contribution >= 4 is 27.3 Å². The zero-order chi connectivity index (χ0) is 17.9. The van der Waals surface area contributed by atoms with Crippen LogP contribution in [0.1, 0.15) is 19.3 Å². The second-order valence-corrected chi connectivity index (χ2v) is 7.45. The van der Waals surface area contributed by atoms with Crippen molar-refractivity contribution in [1.29, 1.82) is 0 Å². The Labute approximate surface area is 139 Å². The van der Waals surface area contributed by atoms with Gasteiger partial charge in [0, 0.05) is 18.7 Å². The van der Waals surface area contributed by atoms with Gasteiger partial charge in [0.05, 0.1) is 24.0 Å². The van der Waals surface area contributed by atoms with Crippen LogP contribution in [0.25, 0.3) is 0 Å². The van der Waals surface area contributed by atoms with Crippen molar-refractivity contribution < 1.29 is 22.9 Å². The zero-order valence-corrected chi connectivity index (χ0v) is 14.2. The number of methoxy groups -OCH3 is 1. The number of carbonyl (C=O) groups excluding carboxylic acids is 1. The van der Waals surface area contributed by atoms with Gasteiger partial charge in [-0.05, 0) is 18.9 Å². The van der Waals surface area contributed by atoms with Crippen molar-refractivity contribution in [2.24, 2.45) is 0 Å². The van der Waals surface area contributed by atoms with Crippen LogP contribution in [0, 0.1) is 10.1 Å². The monoisotopic (exact) mass is 357 g/mol. The molecule has 0 aromatic heterocycles. The molecular formula is C14H19N3O6S. The molecule has 0 spiro atoms. The first-order valence-electron chi connectivity index (χ1n) is 7.34. The van der Waals surface area contributed by atoms with E-state index < -0.39 is 26.9 Å². The van der Waals surface area contributed by atoms with E-state index in [2.05, 4.69) is 5.32 Å². The average Bonchev–Trinajstić information content (AvgIpc) is 2.53. The Bertz CT molecular complexity index is 749. The molecule has 1 heterocycles. The molecule has 1 fully saturated rings. The molecule has 0 bridgehead atoms. The van der Waals surface area contributed by atoms with Gasteiger partial charge in [-0.1, -0.05) is 6.42 Å². The van der Waals surface area contributed by atoms with Crippen molar-refractivity contribution in [3.05, 3.63) is 28.3 Å². The van der Waals surface area contributed by atoms with Crippen LogP contribution >= 0.6 is 0 Å². The second kappa shape index (κ2) is 7.14. The first-order valence-corrected chi connectivity index (χ1v) is 9.19. The Morgan fingerprint density at radius 2 is 2.12 bits per heavy atom. The summed E-state index contributed by atoms with van der Waals surface area (Å²) in [5.74, 6) is -0.269. The lowest BCUT2D eigenvalue weighted by atomic mass is 10.0. The van der Waals surface area contributed by atoms with Crippen LogP contribution in [0.3, 0.4) is 0 Å². The van der Waals surface area contributed by atoms with Gasteiger partial charge in [0.2, 0.25) is 15.9 Å². The molecule has 1 aliphatic rings. The van der Waals surface area contributed by atoms with E-state index in [0.717, 1.165) is 17.0 Å². The van der Waals surface area contributed by atoms with Gasteiger partial charge >= 0.3 is 0 Å². The number of rotatable bonds is 5. The van der Waals surface area contributed by atoms with Crippen molar-refractivity contribution in [3.8, 4) is 5.75 Å². The first kappa shape index (κ1) is 18.1. The van der Waals surface area contributed by atoms with Crippen LogP contribution in [0.4, 0.5) is 11.4 Å². The first-order chi connectivity index (χ1) is 11.2. The standard InChI is InChI=1S/C14H19N3O6S/c1-23-13-7-6-10(17(19)20)9-11(13)15-14(18)12-5-3-4-8-16(12)24(2,21)22/h6-7,9,12H,3-5,8H2,1-2H3,(H,15,18).